The summed E-state index contributed by atoms with van der Waals surface area (Å²) < 4.78 is 13.0. The number of nitrogens with zero attached hydrogens (tertiary/aromatic N) is 1. The highest BCUT2D eigenvalue weighted by Crippen LogP contribution is 2.36. The van der Waals surface area contributed by atoms with E-state index < -0.39 is 14.0 Å². The topological polar surface area (TPSA) is 69.6 Å². The predicted octanol–water partition coefficient (Wildman–Crippen LogP) is 7.09. The van der Waals surface area contributed by atoms with E-state index in [4.69, 9.17) is 32.7 Å². The number of rotatable bonds is 10. The Morgan fingerprint density at radius 3 is 2.49 bits per heavy atom. The number of carbonyl (C=O) groups excluding carboxylic acids is 2. The molecule has 3 rings (SSSR count). The monoisotopic (exact) mass is 532 g/mol. The van der Waals surface area contributed by atoms with Crippen molar-refractivity contribution in [1.29, 1.82) is 0 Å². The molecule has 0 aliphatic rings. The van der Waals surface area contributed by atoms with Gasteiger partial charge in [0.05, 0.1) is 17.1 Å². The number of nitrogens with one attached hydrogen (secondary N) is 1. The van der Waals surface area contributed by atoms with Gasteiger partial charge in [-0.15, -0.1) is 0 Å². The largest absolute Gasteiger partial charge is 0.461 e. The SMILES string of the molecule is CCOC(=O)c1c(/C=C/C(=O)Nc2ccccc2)c2c(Cl)cc(Cl)cc2n1COCC[Si](C)(C)C. The number of hydrogen-bond donors (Lipinski definition) is 1. The van der Waals surface area contributed by atoms with Crippen molar-refractivity contribution in [2.75, 3.05) is 18.5 Å². The molecule has 6 nitrogen and oxygen atoms in total. The first kappa shape index (κ1) is 27.0. The third kappa shape index (κ3) is 7.21. The molecule has 0 bridgehead atoms. The van der Waals surface area contributed by atoms with Crippen LogP contribution in [0.25, 0.3) is 17.0 Å². The average Bonchev–Trinajstić information content (AvgIpc) is 3.09. The second kappa shape index (κ2) is 11.9. The summed E-state index contributed by atoms with van der Waals surface area (Å²) in [4.78, 5) is 25.7. The molecule has 0 aliphatic heterocycles. The van der Waals surface area contributed by atoms with Gasteiger partial charge >= 0.3 is 5.97 Å². The van der Waals surface area contributed by atoms with Crippen molar-refractivity contribution < 1.29 is 19.1 Å². The van der Waals surface area contributed by atoms with E-state index in [0.717, 1.165) is 6.04 Å². The van der Waals surface area contributed by atoms with Crippen molar-refractivity contribution in [2.45, 2.75) is 39.3 Å². The van der Waals surface area contributed by atoms with Gasteiger partial charge in [0.25, 0.3) is 0 Å². The maximum atomic E-state index is 13.1. The molecule has 1 heterocycles. The Morgan fingerprint density at radius 2 is 1.83 bits per heavy atom. The Balaban J connectivity index is 2.05. The Hall–Kier alpha value is -2.58. The second-order valence-electron chi connectivity index (χ2n) is 9.23. The Kier molecular flexibility index (Phi) is 9.19. The minimum atomic E-state index is -1.29. The summed E-state index contributed by atoms with van der Waals surface area (Å²) in [6.45, 7) is 9.44. The number of esters is 1. The third-order valence-corrected chi connectivity index (χ3v) is 7.47. The van der Waals surface area contributed by atoms with Crippen LogP contribution in [0.1, 0.15) is 23.0 Å². The first-order valence-electron chi connectivity index (χ1n) is 11.4. The second-order valence-corrected chi connectivity index (χ2v) is 15.7. The van der Waals surface area contributed by atoms with Crippen LogP contribution in [0.2, 0.25) is 35.7 Å². The van der Waals surface area contributed by atoms with Crippen LogP contribution in [0, 0.1) is 0 Å². The quantitative estimate of drug-likeness (QED) is 0.131. The smallest absolute Gasteiger partial charge is 0.355 e. The molecular formula is C26H30Cl2N2O4Si. The van der Waals surface area contributed by atoms with Crippen molar-refractivity contribution in [1.82, 2.24) is 4.57 Å². The lowest BCUT2D eigenvalue weighted by molar-refractivity contribution is -0.111. The Labute approximate surface area is 216 Å². The van der Waals surface area contributed by atoms with E-state index in [9.17, 15) is 9.59 Å². The van der Waals surface area contributed by atoms with Gasteiger partial charge in [-0.25, -0.2) is 4.79 Å². The van der Waals surface area contributed by atoms with Crippen LogP contribution in [0.5, 0.6) is 0 Å². The summed E-state index contributed by atoms with van der Waals surface area (Å²) in [7, 11) is -1.29. The molecule has 186 valence electrons. The molecule has 0 saturated carbocycles. The molecule has 9 heteroatoms. The predicted molar refractivity (Wildman–Crippen MR) is 146 cm³/mol. The van der Waals surface area contributed by atoms with Crippen LogP contribution >= 0.6 is 23.2 Å². The average molecular weight is 534 g/mol. The van der Waals surface area contributed by atoms with Crippen LogP contribution < -0.4 is 5.32 Å². The number of fused-ring (bicyclic) bond motifs is 1. The van der Waals surface area contributed by atoms with Gasteiger partial charge < -0.3 is 19.4 Å². The molecule has 1 N–H and O–H groups in total. The molecule has 0 unspecified atom stereocenters. The van der Waals surface area contributed by atoms with E-state index in [0.29, 0.717) is 38.8 Å². The molecule has 0 fully saturated rings. The molecule has 0 atom stereocenters. The molecule has 3 aromatic rings. The van der Waals surface area contributed by atoms with Crippen molar-refractivity contribution in [2.24, 2.45) is 0 Å². The Bertz CT molecular complexity index is 1230. The maximum Gasteiger partial charge on any atom is 0.355 e. The normalized spacial score (nSPS) is 11.8. The van der Waals surface area contributed by atoms with E-state index in [1.54, 1.807) is 41.8 Å². The molecule has 1 amide bonds. The Morgan fingerprint density at radius 1 is 1.11 bits per heavy atom. The summed E-state index contributed by atoms with van der Waals surface area (Å²) in [5.41, 5.74) is 2.01. The molecule has 0 saturated heterocycles. The molecule has 0 spiro atoms. The first-order valence-corrected chi connectivity index (χ1v) is 15.9. The number of amides is 1. The van der Waals surface area contributed by atoms with Crippen LogP contribution in [-0.2, 0) is 21.0 Å². The molecule has 0 aliphatic carbocycles. The zero-order valence-electron chi connectivity index (χ0n) is 20.4. The van der Waals surface area contributed by atoms with Gasteiger partial charge in [-0.1, -0.05) is 61.0 Å². The lowest BCUT2D eigenvalue weighted by atomic mass is 10.1. The van der Waals surface area contributed by atoms with E-state index in [1.165, 1.54) is 6.08 Å². The van der Waals surface area contributed by atoms with E-state index in [1.807, 2.05) is 18.2 Å². The molecule has 0 radical (unpaired) electrons. The zero-order valence-corrected chi connectivity index (χ0v) is 22.9. The lowest BCUT2D eigenvalue weighted by Gasteiger charge is -2.16. The summed E-state index contributed by atoms with van der Waals surface area (Å²) >= 11 is 12.9. The van der Waals surface area contributed by atoms with Gasteiger partial charge in [-0.2, -0.15) is 0 Å². The number of carbonyl (C=O) groups is 2. The van der Waals surface area contributed by atoms with Crippen LogP contribution in [0.3, 0.4) is 0 Å². The van der Waals surface area contributed by atoms with Gasteiger partial charge in [0.1, 0.15) is 12.4 Å². The van der Waals surface area contributed by atoms with Crippen molar-refractivity contribution in [3.05, 3.63) is 69.8 Å². The van der Waals surface area contributed by atoms with Crippen LogP contribution in [0.4, 0.5) is 5.69 Å². The fourth-order valence-electron chi connectivity index (χ4n) is 3.54. The standard InChI is InChI=1S/C26H30Cl2N2O4Si/c1-5-34-26(32)25-20(11-12-23(31)29-19-9-7-6-8-10-19)24-21(28)15-18(27)16-22(24)30(25)17-33-13-14-35(2,3)4/h6-12,15-16H,5,13-14,17H2,1-4H3,(H,29,31)/b12-11+. The summed E-state index contributed by atoms with van der Waals surface area (Å²) in [6.07, 6.45) is 2.94. The highest BCUT2D eigenvalue weighted by atomic mass is 35.5. The van der Waals surface area contributed by atoms with Crippen molar-refractivity contribution in [3.63, 3.8) is 0 Å². The number of aromatic nitrogens is 1. The third-order valence-electron chi connectivity index (χ3n) is 5.25. The van der Waals surface area contributed by atoms with Gasteiger partial charge in [0.15, 0.2) is 0 Å². The minimum absolute atomic E-state index is 0.121. The fourth-order valence-corrected chi connectivity index (χ4v) is 4.88. The summed E-state index contributed by atoms with van der Waals surface area (Å²) in [6, 6.07) is 13.4. The van der Waals surface area contributed by atoms with Crippen LogP contribution in [0.15, 0.2) is 48.5 Å². The van der Waals surface area contributed by atoms with Gasteiger partial charge in [0, 0.05) is 42.4 Å². The molecule has 35 heavy (non-hydrogen) atoms. The first-order chi connectivity index (χ1) is 16.6. The van der Waals surface area contributed by atoms with Crippen molar-refractivity contribution in [3.8, 4) is 0 Å². The van der Waals surface area contributed by atoms with Crippen molar-refractivity contribution >= 4 is 65.8 Å². The molecule has 2 aromatic carbocycles. The van der Waals surface area contributed by atoms with Gasteiger partial charge in [0.2, 0.25) is 5.91 Å². The number of anilines is 1. The highest BCUT2D eigenvalue weighted by molar-refractivity contribution is 6.76. The number of hydrogen-bond acceptors (Lipinski definition) is 4. The molecule has 1 aromatic heterocycles. The fraction of sp³-hybridized carbons (Fsp3) is 0.308. The zero-order chi connectivity index (χ0) is 25.6. The number of benzene rings is 2. The summed E-state index contributed by atoms with van der Waals surface area (Å²) in [5.74, 6) is -0.879. The van der Waals surface area contributed by atoms with E-state index >= 15 is 0 Å². The molecular weight excluding hydrogens is 503 g/mol. The maximum absolute atomic E-state index is 13.1. The number of ether oxygens (including phenoxy) is 2. The van der Waals surface area contributed by atoms with Gasteiger partial charge in [-0.3, -0.25) is 4.79 Å². The highest BCUT2D eigenvalue weighted by Gasteiger charge is 2.25. The number of halogens is 2. The van der Waals surface area contributed by atoms with E-state index in [-0.39, 0.29) is 24.9 Å². The van der Waals surface area contributed by atoms with Crippen LogP contribution in [-0.4, -0.2) is 37.7 Å². The lowest BCUT2D eigenvalue weighted by Crippen LogP contribution is -2.22. The number of para-hydroxylation sites is 1. The summed E-state index contributed by atoms with van der Waals surface area (Å²) in [5, 5.41) is 4.18. The van der Waals surface area contributed by atoms with E-state index in [2.05, 4.69) is 25.0 Å². The minimum Gasteiger partial charge on any atom is -0.461 e. The van der Waals surface area contributed by atoms with Gasteiger partial charge in [-0.05, 0) is 43.3 Å².